The standard InChI is InChI=1S/C15H21N/c1-15(2)9-14(16-10-15)13-6-4-3-5-12(13)11-7-8-11/h3-6,11,14,16H,7-10H2,1-2H3. The molecule has 16 heavy (non-hydrogen) atoms. The van der Waals surface area contributed by atoms with Gasteiger partial charge in [0, 0.05) is 12.6 Å². The number of benzene rings is 1. The first kappa shape index (κ1) is 10.3. The molecular weight excluding hydrogens is 194 g/mol. The summed E-state index contributed by atoms with van der Waals surface area (Å²) in [4.78, 5) is 0. The van der Waals surface area contributed by atoms with Crippen molar-refractivity contribution in [1.29, 1.82) is 0 Å². The van der Waals surface area contributed by atoms with Gasteiger partial charge in [0.25, 0.3) is 0 Å². The Morgan fingerprint density at radius 3 is 2.38 bits per heavy atom. The van der Waals surface area contributed by atoms with Gasteiger partial charge in [-0.15, -0.1) is 0 Å². The summed E-state index contributed by atoms with van der Waals surface area (Å²) < 4.78 is 0. The third-order valence-corrected chi connectivity index (χ3v) is 3.97. The molecule has 86 valence electrons. The first-order valence-corrected chi connectivity index (χ1v) is 6.48. The summed E-state index contributed by atoms with van der Waals surface area (Å²) in [5.74, 6) is 0.863. The molecule has 0 aromatic heterocycles. The third kappa shape index (κ3) is 1.89. The fraction of sp³-hybridized carbons (Fsp3) is 0.600. The molecule has 0 spiro atoms. The van der Waals surface area contributed by atoms with E-state index in [2.05, 4.69) is 43.4 Å². The zero-order chi connectivity index (χ0) is 11.2. The van der Waals surface area contributed by atoms with Gasteiger partial charge in [-0.3, -0.25) is 0 Å². The minimum Gasteiger partial charge on any atom is -0.309 e. The van der Waals surface area contributed by atoms with Crippen molar-refractivity contribution < 1.29 is 0 Å². The summed E-state index contributed by atoms with van der Waals surface area (Å²) in [5.41, 5.74) is 3.63. The maximum absolute atomic E-state index is 3.69. The van der Waals surface area contributed by atoms with Crippen LogP contribution in [0, 0.1) is 5.41 Å². The van der Waals surface area contributed by atoms with Gasteiger partial charge in [0.05, 0.1) is 0 Å². The Morgan fingerprint density at radius 1 is 1.12 bits per heavy atom. The second kappa shape index (κ2) is 3.59. The van der Waals surface area contributed by atoms with Gasteiger partial charge >= 0.3 is 0 Å². The molecule has 1 saturated carbocycles. The van der Waals surface area contributed by atoms with E-state index >= 15 is 0 Å². The van der Waals surface area contributed by atoms with Crippen LogP contribution in [0.1, 0.15) is 56.2 Å². The molecule has 1 saturated heterocycles. The van der Waals surface area contributed by atoms with E-state index in [1.165, 1.54) is 19.3 Å². The van der Waals surface area contributed by atoms with Crippen molar-refractivity contribution >= 4 is 0 Å². The molecule has 0 bridgehead atoms. The van der Waals surface area contributed by atoms with Crippen molar-refractivity contribution in [1.82, 2.24) is 5.32 Å². The zero-order valence-electron chi connectivity index (χ0n) is 10.3. The Labute approximate surface area is 98.3 Å². The number of hydrogen-bond donors (Lipinski definition) is 1. The maximum atomic E-state index is 3.69. The van der Waals surface area contributed by atoms with Crippen LogP contribution in [-0.4, -0.2) is 6.54 Å². The first-order chi connectivity index (χ1) is 7.66. The topological polar surface area (TPSA) is 12.0 Å². The highest BCUT2D eigenvalue weighted by Gasteiger charge is 2.34. The summed E-state index contributed by atoms with van der Waals surface area (Å²) in [7, 11) is 0. The fourth-order valence-corrected chi connectivity index (χ4v) is 2.91. The van der Waals surface area contributed by atoms with Crippen LogP contribution in [-0.2, 0) is 0 Å². The van der Waals surface area contributed by atoms with Crippen molar-refractivity contribution in [3.8, 4) is 0 Å². The molecule has 0 amide bonds. The minimum absolute atomic E-state index is 0.460. The molecule has 1 atom stereocenters. The highest BCUT2D eigenvalue weighted by molar-refractivity contribution is 5.36. The number of rotatable bonds is 2. The summed E-state index contributed by atoms with van der Waals surface area (Å²) in [6.45, 7) is 5.87. The van der Waals surface area contributed by atoms with E-state index < -0.39 is 0 Å². The lowest BCUT2D eigenvalue weighted by molar-refractivity contribution is 0.403. The van der Waals surface area contributed by atoms with E-state index in [0.29, 0.717) is 11.5 Å². The average molecular weight is 215 g/mol. The van der Waals surface area contributed by atoms with Gasteiger partial charge in [0.15, 0.2) is 0 Å². The quantitative estimate of drug-likeness (QED) is 0.794. The molecular formula is C15H21N. The molecule has 1 aliphatic carbocycles. The van der Waals surface area contributed by atoms with Gasteiger partial charge < -0.3 is 5.32 Å². The van der Waals surface area contributed by atoms with Crippen LogP contribution in [0.2, 0.25) is 0 Å². The lowest BCUT2D eigenvalue weighted by Gasteiger charge is -2.18. The van der Waals surface area contributed by atoms with E-state index in [1.54, 1.807) is 11.1 Å². The van der Waals surface area contributed by atoms with Crippen molar-refractivity contribution in [2.24, 2.45) is 5.41 Å². The maximum Gasteiger partial charge on any atom is 0.0328 e. The Kier molecular flexibility index (Phi) is 2.32. The van der Waals surface area contributed by atoms with Gasteiger partial charge in [0.2, 0.25) is 0 Å². The van der Waals surface area contributed by atoms with Gasteiger partial charge in [-0.25, -0.2) is 0 Å². The van der Waals surface area contributed by atoms with Crippen LogP contribution in [0.5, 0.6) is 0 Å². The van der Waals surface area contributed by atoms with Crippen LogP contribution < -0.4 is 5.32 Å². The Balaban J connectivity index is 1.89. The molecule has 1 heteroatoms. The average Bonchev–Trinajstić information content (AvgIpc) is 3.03. The Morgan fingerprint density at radius 2 is 1.81 bits per heavy atom. The van der Waals surface area contributed by atoms with Crippen molar-refractivity contribution in [2.45, 2.75) is 45.1 Å². The molecule has 1 aromatic carbocycles. The van der Waals surface area contributed by atoms with E-state index in [-0.39, 0.29) is 0 Å². The predicted molar refractivity (Wildman–Crippen MR) is 67.6 cm³/mol. The van der Waals surface area contributed by atoms with Crippen LogP contribution in [0.25, 0.3) is 0 Å². The van der Waals surface area contributed by atoms with Crippen LogP contribution in [0.3, 0.4) is 0 Å². The number of nitrogens with one attached hydrogen (secondary N) is 1. The van der Waals surface area contributed by atoms with Crippen molar-refractivity contribution in [3.05, 3.63) is 35.4 Å². The summed E-state index contributed by atoms with van der Waals surface area (Å²) >= 11 is 0. The molecule has 1 nitrogen and oxygen atoms in total. The fourth-order valence-electron chi connectivity index (χ4n) is 2.91. The van der Waals surface area contributed by atoms with E-state index in [0.717, 1.165) is 12.5 Å². The van der Waals surface area contributed by atoms with Gasteiger partial charge in [-0.2, -0.15) is 0 Å². The molecule has 0 radical (unpaired) electrons. The SMILES string of the molecule is CC1(C)CNC(c2ccccc2C2CC2)C1. The molecule has 1 N–H and O–H groups in total. The van der Waals surface area contributed by atoms with Gasteiger partial charge in [-0.1, -0.05) is 38.1 Å². The van der Waals surface area contributed by atoms with Crippen LogP contribution in [0.15, 0.2) is 24.3 Å². The summed E-state index contributed by atoms with van der Waals surface area (Å²) in [6.07, 6.45) is 4.07. The normalized spacial score (nSPS) is 28.2. The van der Waals surface area contributed by atoms with E-state index in [9.17, 15) is 0 Å². The molecule has 1 aliphatic heterocycles. The lowest BCUT2D eigenvalue weighted by Crippen LogP contribution is -2.17. The lowest BCUT2D eigenvalue weighted by atomic mass is 9.87. The second-order valence-electron chi connectivity index (χ2n) is 6.21. The molecule has 1 heterocycles. The van der Waals surface area contributed by atoms with Gasteiger partial charge in [0.1, 0.15) is 0 Å². The molecule has 1 unspecified atom stereocenters. The van der Waals surface area contributed by atoms with Crippen LogP contribution >= 0.6 is 0 Å². The monoisotopic (exact) mass is 215 g/mol. The predicted octanol–water partition coefficient (Wildman–Crippen LogP) is 3.62. The molecule has 2 aliphatic rings. The van der Waals surface area contributed by atoms with Crippen LogP contribution in [0.4, 0.5) is 0 Å². The van der Waals surface area contributed by atoms with E-state index in [4.69, 9.17) is 0 Å². The highest BCUT2D eigenvalue weighted by atomic mass is 15.0. The summed E-state index contributed by atoms with van der Waals surface area (Å²) in [5, 5.41) is 3.69. The Bertz CT molecular complexity index is 390. The Hall–Kier alpha value is -0.820. The minimum atomic E-state index is 0.460. The summed E-state index contributed by atoms with van der Waals surface area (Å²) in [6, 6.07) is 9.63. The first-order valence-electron chi connectivity index (χ1n) is 6.48. The number of hydrogen-bond acceptors (Lipinski definition) is 1. The van der Waals surface area contributed by atoms with Crippen molar-refractivity contribution in [3.63, 3.8) is 0 Å². The molecule has 1 aromatic rings. The zero-order valence-corrected chi connectivity index (χ0v) is 10.3. The largest absolute Gasteiger partial charge is 0.309 e. The smallest absolute Gasteiger partial charge is 0.0328 e. The third-order valence-electron chi connectivity index (χ3n) is 3.97. The highest BCUT2D eigenvalue weighted by Crippen LogP contribution is 2.45. The second-order valence-corrected chi connectivity index (χ2v) is 6.21. The molecule has 3 rings (SSSR count). The van der Waals surface area contributed by atoms with E-state index in [1.807, 2.05) is 0 Å². The molecule has 2 fully saturated rings. The van der Waals surface area contributed by atoms with Gasteiger partial charge in [-0.05, 0) is 41.7 Å². The van der Waals surface area contributed by atoms with Crippen molar-refractivity contribution in [2.75, 3.05) is 6.54 Å².